The Balaban J connectivity index is 0.00000347. The number of hydrogen-bond donors (Lipinski definition) is 4. The van der Waals surface area contributed by atoms with Crippen molar-refractivity contribution >= 4 is 96.0 Å². The number of benzene rings is 8. The van der Waals surface area contributed by atoms with Crippen LogP contribution in [-0.4, -0.2) is 50.2 Å². The smallest absolute Gasteiger partial charge is 0.505 e. The number of aromatic carboxylic acids is 1. The van der Waals surface area contributed by atoms with Crippen LogP contribution in [0.1, 0.15) is 90.7 Å². The molecule has 0 bridgehead atoms. The second-order valence-electron chi connectivity index (χ2n) is 17.5. The van der Waals surface area contributed by atoms with Crippen LogP contribution in [0.4, 0.5) is 34.1 Å². The molecular formula is C54H39Cu2N6O10. The predicted octanol–water partition coefficient (Wildman–Crippen LogP) is 12.5. The molecule has 16 nitrogen and oxygen atoms in total. The molecule has 72 heavy (non-hydrogen) atoms. The van der Waals surface area contributed by atoms with Gasteiger partial charge in [0.2, 0.25) is 0 Å². The molecular weight excluding hydrogens is 1020 g/mol. The van der Waals surface area contributed by atoms with E-state index in [0.29, 0.717) is 21.9 Å². The van der Waals surface area contributed by atoms with Gasteiger partial charge in [-0.1, -0.05) is 47.5 Å². The Bertz CT molecular complexity index is 3750. The molecule has 4 N–H and O–H groups in total. The summed E-state index contributed by atoms with van der Waals surface area (Å²) in [7, 11) is 0. The molecule has 0 spiro atoms. The van der Waals surface area contributed by atoms with Crippen molar-refractivity contribution in [3.8, 4) is 11.5 Å². The zero-order valence-electron chi connectivity index (χ0n) is 38.8. The average Bonchev–Trinajstić information content (AvgIpc) is 3.30. The molecule has 8 aromatic carbocycles. The van der Waals surface area contributed by atoms with Crippen LogP contribution in [0.15, 0.2) is 118 Å². The Morgan fingerprint density at radius 3 is 1.33 bits per heavy atom. The van der Waals surface area contributed by atoms with Gasteiger partial charge in [0.15, 0.2) is 11.5 Å². The van der Waals surface area contributed by atoms with Gasteiger partial charge in [-0.2, -0.15) is 5.11 Å². The van der Waals surface area contributed by atoms with E-state index in [4.69, 9.17) is 0 Å². The van der Waals surface area contributed by atoms with Crippen LogP contribution in [0.3, 0.4) is 0 Å². The molecule has 8 aromatic rings. The van der Waals surface area contributed by atoms with Crippen molar-refractivity contribution < 1.29 is 83.6 Å². The van der Waals surface area contributed by atoms with Gasteiger partial charge in [-0.05, 0) is 147 Å². The molecule has 0 saturated heterocycles. The van der Waals surface area contributed by atoms with Crippen molar-refractivity contribution in [1.82, 2.24) is 0 Å². The van der Waals surface area contributed by atoms with Gasteiger partial charge in [0.1, 0.15) is 17.1 Å². The van der Waals surface area contributed by atoms with Crippen LogP contribution in [0.2, 0.25) is 0 Å². The van der Waals surface area contributed by atoms with Crippen molar-refractivity contribution in [2.24, 2.45) is 20.5 Å². The summed E-state index contributed by atoms with van der Waals surface area (Å²) in [4.78, 5) is 76.1. The van der Waals surface area contributed by atoms with Crippen LogP contribution in [0, 0.1) is 48.1 Å². The fourth-order valence-corrected chi connectivity index (χ4v) is 9.74. The summed E-state index contributed by atoms with van der Waals surface area (Å²) in [5, 5.41) is 62.5. The third-order valence-electron chi connectivity index (χ3n) is 12.8. The molecule has 4 amide bonds. The molecule has 10 rings (SSSR count). The average molecular weight is 1060 g/mol. The molecule has 2 aliphatic rings. The van der Waals surface area contributed by atoms with E-state index in [-0.39, 0.29) is 124 Å². The molecule has 2 heterocycles. The summed E-state index contributed by atoms with van der Waals surface area (Å²) in [6.45, 7) is 12.1. The van der Waals surface area contributed by atoms with Gasteiger partial charge >= 0.3 is 23.0 Å². The molecule has 1 radical (unpaired) electrons. The first-order valence-electron chi connectivity index (χ1n) is 21.8. The van der Waals surface area contributed by atoms with Gasteiger partial charge in [0.05, 0.1) is 11.3 Å². The number of amides is 4. The molecule has 0 unspecified atom stereocenters. The summed E-state index contributed by atoms with van der Waals surface area (Å²) in [5.74, 6) is -4.80. The molecule has 2 aliphatic heterocycles. The quantitative estimate of drug-likeness (QED) is 0.0267. The van der Waals surface area contributed by atoms with Crippen molar-refractivity contribution in [3.05, 3.63) is 170 Å². The predicted molar refractivity (Wildman–Crippen MR) is 261 cm³/mol. The minimum Gasteiger partial charge on any atom is -0.505 e. The summed E-state index contributed by atoms with van der Waals surface area (Å²) >= 11 is 0. The molecule has 0 atom stereocenters. The number of phenols is 2. The van der Waals surface area contributed by atoms with Crippen molar-refractivity contribution in [1.29, 1.82) is 0 Å². The molecule has 0 fully saturated rings. The molecule has 0 aliphatic carbocycles. The number of carboxylic acid groups (broad SMARTS) is 1. The van der Waals surface area contributed by atoms with E-state index in [1.54, 1.807) is 13.8 Å². The van der Waals surface area contributed by atoms with Crippen molar-refractivity contribution in [3.63, 3.8) is 0 Å². The maximum Gasteiger partial charge on any atom is 1.00 e. The van der Waals surface area contributed by atoms with E-state index in [0.717, 1.165) is 55.5 Å². The van der Waals surface area contributed by atoms with Gasteiger partial charge < -0.3 is 15.3 Å². The maximum atomic E-state index is 14.4. The zero-order chi connectivity index (χ0) is 49.6. The number of anilines is 2. The summed E-state index contributed by atoms with van der Waals surface area (Å²) in [6.07, 6.45) is 0. The van der Waals surface area contributed by atoms with E-state index in [2.05, 4.69) is 25.3 Å². The van der Waals surface area contributed by atoms with Gasteiger partial charge in [-0.25, -0.2) is 14.8 Å². The number of imide groups is 2. The number of rotatable bonds is 9. The topological polar surface area (TPSA) is 231 Å². The first-order chi connectivity index (χ1) is 33.5. The van der Waals surface area contributed by atoms with Crippen LogP contribution in [0.5, 0.6) is 11.5 Å². The number of phenolic OH excluding ortho intramolecular Hbond substituents is 2. The Morgan fingerprint density at radius 1 is 0.514 bits per heavy atom. The minimum absolute atomic E-state index is 0. The number of fused-ring (bicyclic) bond motifs is 2. The third-order valence-corrected chi connectivity index (χ3v) is 12.8. The molecule has 0 saturated carbocycles. The second kappa shape index (κ2) is 18.9. The fraction of sp³-hybridized carbons (Fsp3) is 0.111. The van der Waals surface area contributed by atoms with Crippen LogP contribution in [0.25, 0.3) is 32.3 Å². The van der Waals surface area contributed by atoms with E-state index in [9.17, 15) is 44.5 Å². The van der Waals surface area contributed by atoms with Crippen LogP contribution < -0.4 is 9.80 Å². The number of carbonyl (C=O) groups is 5. The van der Waals surface area contributed by atoms with E-state index >= 15 is 0 Å². The van der Waals surface area contributed by atoms with Gasteiger partial charge in [0.25, 0.3) is 23.6 Å². The van der Waals surface area contributed by atoms with E-state index < -0.39 is 29.6 Å². The van der Waals surface area contributed by atoms with E-state index in [1.807, 2.05) is 64.1 Å². The number of hydrogen-bond acceptors (Lipinski definition) is 13. The molecule has 367 valence electrons. The second-order valence-corrected chi connectivity index (χ2v) is 17.5. The number of azo groups is 2. The Morgan fingerprint density at radius 2 is 0.917 bits per heavy atom. The number of carboxylic acids is 1. The normalized spacial score (nSPS) is 13.2. The van der Waals surface area contributed by atoms with Gasteiger partial charge in [-0.3, -0.25) is 34.2 Å². The van der Waals surface area contributed by atoms with E-state index in [1.165, 1.54) is 54.6 Å². The Labute approximate surface area is 431 Å². The SMILES string of the molecule is Cc1cc(C)c2c(O)c(N=Nc3ccc(N4C(=O)c5ccc6c7c(ccc(c57)C4=O)C(=O)N(c4ccc(N=Nc5c(C)cc7cc(C)cc(C)c7c5O)c(C(=O)O)c4)C6=O)cc3[CH-]OO)c(C)cc2c1.[Cu+].[Cu]. The van der Waals surface area contributed by atoms with Crippen LogP contribution in [-0.2, 0) is 39.0 Å². The zero-order valence-corrected chi connectivity index (χ0v) is 40.7. The van der Waals surface area contributed by atoms with Gasteiger partial charge in [-0.15, -0.1) is 21.9 Å². The standard InChI is InChI=1S/C54H39N6O10.2Cu/c1-24-15-26(3)42-30(17-24)19-28(5)46(48(42)61)57-55-40-13-7-33(21-32(40)23-70-69)59-50(63)35-9-11-37-45-38(12-10-36(44(35)45)51(59)64)53(66)60(52(37)65)34-8-14-41(39(22-34)54(67)68)56-58-47-29(6)20-31-18-25(2)16-27(4)43(31)49(47)62;;/h7-23,61-62,69H,1-6H3,(H,67,68);;/q-1;;+1. The number of nitrogens with zero attached hydrogens (tertiary/aromatic N) is 6. The number of aromatic hydroxyl groups is 2. The fourth-order valence-electron chi connectivity index (χ4n) is 9.74. The Hall–Kier alpha value is -8.08. The Kier molecular flexibility index (Phi) is 13.2. The first-order valence-corrected chi connectivity index (χ1v) is 21.8. The summed E-state index contributed by atoms with van der Waals surface area (Å²) < 4.78 is 0. The number of aryl methyl sites for hydroxylation is 6. The summed E-state index contributed by atoms with van der Waals surface area (Å²) in [5.41, 5.74) is 5.13. The van der Waals surface area contributed by atoms with Gasteiger partial charge in [0, 0.05) is 60.9 Å². The maximum absolute atomic E-state index is 14.4. The monoisotopic (exact) mass is 1060 g/mol. The van der Waals surface area contributed by atoms with Crippen molar-refractivity contribution in [2.75, 3.05) is 9.80 Å². The third kappa shape index (κ3) is 8.05. The molecule has 0 aromatic heterocycles. The van der Waals surface area contributed by atoms with Crippen LogP contribution >= 0.6 is 0 Å². The first kappa shape index (κ1) is 50.3. The van der Waals surface area contributed by atoms with Crippen molar-refractivity contribution in [2.45, 2.75) is 41.5 Å². The number of carbonyl (C=O) groups excluding carboxylic acids is 4. The minimum atomic E-state index is -1.42. The molecule has 18 heteroatoms. The summed E-state index contributed by atoms with van der Waals surface area (Å²) in [6, 6.07) is 25.1. The largest absolute Gasteiger partial charge is 1.00 e.